The predicted octanol–water partition coefficient (Wildman–Crippen LogP) is 3.73. The molecule has 0 saturated carbocycles. The van der Waals surface area contributed by atoms with Gasteiger partial charge in [0.05, 0.1) is 12.7 Å². The molecule has 0 fully saturated rings. The molecule has 1 aliphatic rings. The number of Topliss-reactive ketones (excluding diaryl/α,β-unsaturated/α-hetero) is 1. The van der Waals surface area contributed by atoms with Crippen LogP contribution in [-0.2, 0) is 27.2 Å². The maximum atomic E-state index is 11.9. The maximum absolute atomic E-state index is 11.9. The molecule has 1 aromatic carbocycles. The summed E-state index contributed by atoms with van der Waals surface area (Å²) in [6.45, 7) is 10.4. The minimum atomic E-state index is -0.780. The molecule has 5 nitrogen and oxygen atoms in total. The Bertz CT molecular complexity index is 690. The van der Waals surface area contributed by atoms with E-state index >= 15 is 0 Å². The van der Waals surface area contributed by atoms with E-state index in [0.717, 1.165) is 17.7 Å². The minimum absolute atomic E-state index is 0.0306. The highest BCUT2D eigenvalue weighted by molar-refractivity contribution is 5.95. The lowest BCUT2D eigenvalue weighted by Gasteiger charge is -2.21. The predicted molar refractivity (Wildman–Crippen MR) is 104 cm³/mol. The van der Waals surface area contributed by atoms with Crippen LogP contribution < -0.4 is 4.74 Å². The molecular weight excluding hydrogens is 344 g/mol. The fraction of sp³-hybridized carbons (Fsp3) is 0.636. The van der Waals surface area contributed by atoms with Gasteiger partial charge in [0.2, 0.25) is 0 Å². The van der Waals surface area contributed by atoms with Gasteiger partial charge >= 0.3 is 5.97 Å². The highest BCUT2D eigenvalue weighted by Gasteiger charge is 2.33. The number of esters is 1. The third-order valence-electron chi connectivity index (χ3n) is 4.83. The Morgan fingerprint density at radius 3 is 2.63 bits per heavy atom. The van der Waals surface area contributed by atoms with Crippen LogP contribution in [0.3, 0.4) is 0 Å². The second kappa shape index (κ2) is 8.87. The molecule has 0 aromatic heterocycles. The number of fused-ring (bicyclic) bond motifs is 1. The van der Waals surface area contributed by atoms with Crippen LogP contribution in [0.2, 0.25) is 0 Å². The minimum Gasteiger partial charge on any atom is -0.487 e. The average Bonchev–Trinajstić information content (AvgIpc) is 2.86. The first-order valence-corrected chi connectivity index (χ1v) is 9.82. The summed E-state index contributed by atoms with van der Waals surface area (Å²) in [6, 6.07) is 4.30. The van der Waals surface area contributed by atoms with Gasteiger partial charge in [0.25, 0.3) is 0 Å². The van der Waals surface area contributed by atoms with E-state index in [1.807, 2.05) is 0 Å². The van der Waals surface area contributed by atoms with Crippen molar-refractivity contribution in [1.29, 1.82) is 0 Å². The summed E-state index contributed by atoms with van der Waals surface area (Å²) in [5.74, 6) is 0.463. The van der Waals surface area contributed by atoms with Gasteiger partial charge in [-0.3, -0.25) is 9.59 Å². The van der Waals surface area contributed by atoms with E-state index in [4.69, 9.17) is 9.47 Å². The molecule has 2 rings (SSSR count). The van der Waals surface area contributed by atoms with E-state index in [9.17, 15) is 14.7 Å². The van der Waals surface area contributed by atoms with Gasteiger partial charge < -0.3 is 14.6 Å². The number of ketones is 1. The zero-order valence-corrected chi connectivity index (χ0v) is 17.1. The summed E-state index contributed by atoms with van der Waals surface area (Å²) in [6.07, 6.45) is 0.873. The summed E-state index contributed by atoms with van der Waals surface area (Å²) >= 11 is 0. The average molecular weight is 376 g/mol. The molecule has 0 amide bonds. The van der Waals surface area contributed by atoms with Gasteiger partial charge in [0.1, 0.15) is 23.6 Å². The van der Waals surface area contributed by atoms with Crippen molar-refractivity contribution in [2.24, 2.45) is 0 Å². The molecule has 1 N–H and O–H groups in total. The van der Waals surface area contributed by atoms with Crippen molar-refractivity contribution in [3.8, 4) is 5.75 Å². The molecule has 1 heterocycles. The molecule has 0 bridgehead atoms. The summed E-state index contributed by atoms with van der Waals surface area (Å²) in [7, 11) is 0. The van der Waals surface area contributed by atoms with Crippen molar-refractivity contribution in [2.75, 3.05) is 6.61 Å². The number of ether oxygens (including phenoxy) is 2. The quantitative estimate of drug-likeness (QED) is 0.525. The highest BCUT2D eigenvalue weighted by Crippen LogP contribution is 2.41. The lowest BCUT2D eigenvalue weighted by Crippen LogP contribution is -2.25. The number of carbonyl (C=O) groups excluding carboxylic acids is 2. The number of rotatable bonds is 9. The second-order valence-electron chi connectivity index (χ2n) is 8.23. The van der Waals surface area contributed by atoms with Crippen LogP contribution >= 0.6 is 0 Å². The first-order valence-electron chi connectivity index (χ1n) is 9.82. The fourth-order valence-electron chi connectivity index (χ4n) is 3.65. The first kappa shape index (κ1) is 21.4. The van der Waals surface area contributed by atoms with E-state index in [-0.39, 0.29) is 30.8 Å². The van der Waals surface area contributed by atoms with Gasteiger partial charge in [0.15, 0.2) is 0 Å². The van der Waals surface area contributed by atoms with E-state index in [1.165, 1.54) is 11.1 Å². The van der Waals surface area contributed by atoms with Gasteiger partial charge in [-0.2, -0.15) is 0 Å². The van der Waals surface area contributed by atoms with Crippen LogP contribution in [0.25, 0.3) is 0 Å². The topological polar surface area (TPSA) is 72.8 Å². The van der Waals surface area contributed by atoms with E-state index < -0.39 is 12.1 Å². The summed E-state index contributed by atoms with van der Waals surface area (Å²) < 4.78 is 11.0. The lowest BCUT2D eigenvalue weighted by atomic mass is 9.89. The molecule has 1 aromatic rings. The molecule has 0 radical (unpaired) electrons. The number of aliphatic hydroxyl groups excluding tert-OH is 1. The Morgan fingerprint density at radius 2 is 2.00 bits per heavy atom. The van der Waals surface area contributed by atoms with Gasteiger partial charge in [-0.25, -0.2) is 0 Å². The summed E-state index contributed by atoms with van der Waals surface area (Å²) in [5.41, 5.74) is 3.33. The second-order valence-corrected chi connectivity index (χ2v) is 8.23. The van der Waals surface area contributed by atoms with Crippen LogP contribution in [-0.4, -0.2) is 35.2 Å². The molecular formula is C22H32O5. The Kier molecular flexibility index (Phi) is 7.04. The number of hydrogen-bond acceptors (Lipinski definition) is 5. The smallest absolute Gasteiger partial charge is 0.313 e. The van der Waals surface area contributed by atoms with Gasteiger partial charge in [0, 0.05) is 12.8 Å². The van der Waals surface area contributed by atoms with E-state index in [1.54, 1.807) is 6.92 Å². The highest BCUT2D eigenvalue weighted by atomic mass is 16.5. The largest absolute Gasteiger partial charge is 0.487 e. The Labute approximate surface area is 162 Å². The Hall–Kier alpha value is -1.88. The van der Waals surface area contributed by atoms with Crippen molar-refractivity contribution in [3.63, 3.8) is 0 Å². The molecule has 0 aliphatic carbocycles. The van der Waals surface area contributed by atoms with Gasteiger partial charge in [-0.1, -0.05) is 26.0 Å². The zero-order valence-electron chi connectivity index (χ0n) is 17.1. The van der Waals surface area contributed by atoms with Crippen LogP contribution in [0.5, 0.6) is 5.75 Å². The molecule has 27 heavy (non-hydrogen) atoms. The van der Waals surface area contributed by atoms with E-state index in [0.29, 0.717) is 18.8 Å². The molecule has 1 atom stereocenters. The van der Waals surface area contributed by atoms with Gasteiger partial charge in [-0.05, 0) is 56.2 Å². The first-order chi connectivity index (χ1) is 12.6. The van der Waals surface area contributed by atoms with Crippen LogP contribution in [0.1, 0.15) is 76.5 Å². The van der Waals surface area contributed by atoms with Crippen molar-refractivity contribution >= 4 is 11.8 Å². The number of benzene rings is 1. The van der Waals surface area contributed by atoms with E-state index in [2.05, 4.69) is 39.8 Å². The van der Waals surface area contributed by atoms with Crippen LogP contribution in [0.15, 0.2) is 12.1 Å². The fourth-order valence-corrected chi connectivity index (χ4v) is 3.65. The standard InChI is InChI=1S/C22H32O5/c1-6-26-20(25)12-17(24)11-16(23)8-10-19-18(14(2)3)9-7-15-13-22(4,5)27-21(15)19/h7,9,14,16,23H,6,8,10-13H2,1-5H3. The van der Waals surface area contributed by atoms with Gasteiger partial charge in [-0.15, -0.1) is 0 Å². The van der Waals surface area contributed by atoms with Crippen LogP contribution in [0, 0.1) is 0 Å². The maximum Gasteiger partial charge on any atom is 0.313 e. The van der Waals surface area contributed by atoms with Crippen LogP contribution in [0.4, 0.5) is 0 Å². The van der Waals surface area contributed by atoms with Crippen molar-refractivity contribution in [1.82, 2.24) is 0 Å². The Morgan fingerprint density at radius 1 is 1.30 bits per heavy atom. The molecule has 5 heteroatoms. The van der Waals surface area contributed by atoms with Crippen molar-refractivity contribution in [2.45, 2.75) is 84.3 Å². The van der Waals surface area contributed by atoms with Crippen molar-refractivity contribution in [3.05, 3.63) is 28.8 Å². The zero-order chi connectivity index (χ0) is 20.2. The SMILES string of the molecule is CCOC(=O)CC(=O)CC(O)CCc1c(C(C)C)ccc2c1OC(C)(C)C2. The third kappa shape index (κ3) is 5.80. The number of hydrogen-bond donors (Lipinski definition) is 1. The third-order valence-corrected chi connectivity index (χ3v) is 4.83. The number of aliphatic hydroxyl groups is 1. The molecule has 1 aliphatic heterocycles. The molecule has 1 unspecified atom stereocenters. The normalized spacial score (nSPS) is 16.0. The lowest BCUT2D eigenvalue weighted by molar-refractivity contribution is -0.145. The van der Waals surface area contributed by atoms with Crippen molar-refractivity contribution < 1.29 is 24.2 Å². The Balaban J connectivity index is 2.04. The molecule has 150 valence electrons. The number of carbonyl (C=O) groups is 2. The summed E-state index contributed by atoms with van der Waals surface area (Å²) in [4.78, 5) is 23.3. The molecule has 0 saturated heterocycles. The summed E-state index contributed by atoms with van der Waals surface area (Å²) in [5, 5.41) is 10.3. The monoisotopic (exact) mass is 376 g/mol. The molecule has 0 spiro atoms.